The van der Waals surface area contributed by atoms with Crippen molar-refractivity contribution in [1.82, 2.24) is 10.2 Å². The summed E-state index contributed by atoms with van der Waals surface area (Å²) in [5.74, 6) is -0.877. The van der Waals surface area contributed by atoms with E-state index in [9.17, 15) is 18.0 Å². The molecule has 10 heteroatoms. The van der Waals surface area contributed by atoms with Gasteiger partial charge in [0, 0.05) is 21.6 Å². The Balaban J connectivity index is 2.06. The summed E-state index contributed by atoms with van der Waals surface area (Å²) in [7, 11) is -4.15. The lowest BCUT2D eigenvalue weighted by atomic mass is 10.1. The summed E-state index contributed by atoms with van der Waals surface area (Å²) < 4.78 is 29.7. The topological polar surface area (TPSA) is 86.8 Å². The number of halogens is 2. The van der Waals surface area contributed by atoms with Gasteiger partial charge >= 0.3 is 0 Å². The fourth-order valence-corrected chi connectivity index (χ4v) is 5.87. The Morgan fingerprint density at radius 1 is 0.974 bits per heavy atom. The van der Waals surface area contributed by atoms with Crippen LogP contribution in [-0.4, -0.2) is 43.3 Å². The predicted octanol–water partition coefficient (Wildman–Crippen LogP) is 5.94. The molecule has 0 saturated heterocycles. The van der Waals surface area contributed by atoms with Crippen molar-refractivity contribution in [2.24, 2.45) is 0 Å². The number of hydrogen-bond donors (Lipinski definition) is 1. The van der Waals surface area contributed by atoms with Crippen molar-refractivity contribution in [1.29, 1.82) is 0 Å². The molecule has 0 spiro atoms. The number of rotatable bonds is 9. The van der Waals surface area contributed by atoms with Gasteiger partial charge in [0.15, 0.2) is 0 Å². The molecule has 2 amide bonds. The molecule has 1 N–H and O–H groups in total. The molecule has 0 aliphatic carbocycles. The second kappa shape index (κ2) is 12.5. The molecule has 0 unspecified atom stereocenters. The molecule has 0 aromatic heterocycles. The molecule has 0 saturated carbocycles. The zero-order valence-electron chi connectivity index (χ0n) is 22.6. The number of nitrogens with zero attached hydrogens (tertiary/aromatic N) is 2. The van der Waals surface area contributed by atoms with Crippen molar-refractivity contribution in [2.45, 2.75) is 57.6 Å². The van der Waals surface area contributed by atoms with Crippen LogP contribution in [0.2, 0.25) is 5.02 Å². The largest absolute Gasteiger partial charge is 0.350 e. The number of nitrogens with one attached hydrogen (secondary N) is 1. The first-order chi connectivity index (χ1) is 18.2. The summed E-state index contributed by atoms with van der Waals surface area (Å²) in [6.07, 6.45) is 0. The summed E-state index contributed by atoms with van der Waals surface area (Å²) in [5, 5.41) is 3.29. The van der Waals surface area contributed by atoms with Crippen LogP contribution in [0.1, 0.15) is 38.8 Å². The van der Waals surface area contributed by atoms with Crippen LogP contribution in [-0.2, 0) is 26.2 Å². The maximum atomic E-state index is 14.0. The van der Waals surface area contributed by atoms with Crippen LogP contribution in [0.15, 0.2) is 82.2 Å². The minimum absolute atomic E-state index is 0.0372. The predicted molar refractivity (Wildman–Crippen MR) is 159 cm³/mol. The van der Waals surface area contributed by atoms with Crippen LogP contribution >= 0.6 is 27.5 Å². The van der Waals surface area contributed by atoms with Crippen LogP contribution in [0.4, 0.5) is 5.69 Å². The highest BCUT2D eigenvalue weighted by Gasteiger charge is 2.34. The first kappa shape index (κ1) is 30.7. The molecule has 3 aromatic rings. The average molecular weight is 635 g/mol. The summed E-state index contributed by atoms with van der Waals surface area (Å²) in [6, 6.07) is 19.3. The Bertz CT molecular complexity index is 1430. The Labute approximate surface area is 244 Å². The molecule has 0 aliphatic rings. The van der Waals surface area contributed by atoms with Crippen molar-refractivity contribution < 1.29 is 18.0 Å². The zero-order chi connectivity index (χ0) is 29.0. The lowest BCUT2D eigenvalue weighted by Crippen LogP contribution is -2.54. The third-order valence-corrected chi connectivity index (χ3v) is 8.76. The van der Waals surface area contributed by atoms with Crippen LogP contribution in [0, 0.1) is 6.92 Å². The highest BCUT2D eigenvalue weighted by molar-refractivity contribution is 9.10. The average Bonchev–Trinajstić information content (AvgIpc) is 2.87. The molecule has 3 aromatic carbocycles. The van der Waals surface area contributed by atoms with Gasteiger partial charge in [0.1, 0.15) is 12.6 Å². The molecular formula is C29H33BrClN3O4S. The maximum Gasteiger partial charge on any atom is 0.264 e. The highest BCUT2D eigenvalue weighted by Crippen LogP contribution is 2.31. The Hall–Kier alpha value is -2.88. The number of hydrogen-bond acceptors (Lipinski definition) is 4. The lowest BCUT2D eigenvalue weighted by Gasteiger charge is -2.34. The first-order valence-corrected chi connectivity index (χ1v) is 15.0. The summed E-state index contributed by atoms with van der Waals surface area (Å²) >= 11 is 9.77. The van der Waals surface area contributed by atoms with Crippen molar-refractivity contribution in [3.05, 3.63) is 93.4 Å². The monoisotopic (exact) mass is 633 g/mol. The van der Waals surface area contributed by atoms with Gasteiger partial charge in [-0.05, 0) is 82.1 Å². The minimum Gasteiger partial charge on any atom is -0.350 e. The molecule has 0 bridgehead atoms. The van der Waals surface area contributed by atoms with E-state index >= 15 is 0 Å². The number of carbonyl (C=O) groups excluding carboxylic acids is 2. The van der Waals surface area contributed by atoms with E-state index in [1.54, 1.807) is 50.2 Å². The second-order valence-corrected chi connectivity index (χ2v) is 13.5. The summed E-state index contributed by atoms with van der Waals surface area (Å²) in [6.45, 7) is 8.49. The molecule has 3 rings (SSSR count). The number of carbonyl (C=O) groups is 2. The molecule has 1 atom stereocenters. The fourth-order valence-electron chi connectivity index (χ4n) is 3.94. The van der Waals surface area contributed by atoms with Gasteiger partial charge in [-0.2, -0.15) is 0 Å². The maximum absolute atomic E-state index is 14.0. The zero-order valence-corrected chi connectivity index (χ0v) is 25.8. The van der Waals surface area contributed by atoms with Gasteiger partial charge in [0.05, 0.1) is 10.6 Å². The van der Waals surface area contributed by atoms with E-state index in [0.29, 0.717) is 10.6 Å². The number of anilines is 1. The third-order valence-electron chi connectivity index (χ3n) is 6.05. The summed E-state index contributed by atoms with van der Waals surface area (Å²) in [4.78, 5) is 28.6. The molecule has 0 radical (unpaired) electrons. The first-order valence-electron chi connectivity index (χ1n) is 12.4. The lowest BCUT2D eigenvalue weighted by molar-refractivity contribution is -0.140. The fraction of sp³-hybridized carbons (Fsp3) is 0.310. The molecule has 7 nitrogen and oxygen atoms in total. The molecule has 39 heavy (non-hydrogen) atoms. The van der Waals surface area contributed by atoms with E-state index in [2.05, 4.69) is 21.2 Å². The highest BCUT2D eigenvalue weighted by atomic mass is 79.9. The SMILES string of the molecule is Cc1c(Cl)cccc1N(CC(=O)N(Cc1ccc(Br)cc1)[C@@H](C)C(=O)NC(C)(C)C)S(=O)(=O)c1ccccc1. The van der Waals surface area contributed by atoms with Gasteiger partial charge in [0.2, 0.25) is 11.8 Å². The Morgan fingerprint density at radius 3 is 2.18 bits per heavy atom. The van der Waals surface area contributed by atoms with Gasteiger partial charge < -0.3 is 10.2 Å². The quantitative estimate of drug-likeness (QED) is 0.316. The van der Waals surface area contributed by atoms with Gasteiger partial charge in [-0.15, -0.1) is 0 Å². The Morgan fingerprint density at radius 2 is 1.59 bits per heavy atom. The number of benzene rings is 3. The van der Waals surface area contributed by atoms with Gasteiger partial charge in [-0.25, -0.2) is 8.42 Å². The molecular weight excluding hydrogens is 602 g/mol. The van der Waals surface area contributed by atoms with Gasteiger partial charge in [-0.3, -0.25) is 13.9 Å². The van der Waals surface area contributed by atoms with Crippen LogP contribution < -0.4 is 9.62 Å². The van der Waals surface area contributed by atoms with Crippen molar-refractivity contribution in [3.63, 3.8) is 0 Å². The van der Waals surface area contributed by atoms with E-state index in [-0.39, 0.29) is 23.0 Å². The molecule has 0 aliphatic heterocycles. The molecule has 208 valence electrons. The van der Waals surface area contributed by atoms with E-state index < -0.39 is 34.1 Å². The normalized spacial score (nSPS) is 12.5. The van der Waals surface area contributed by atoms with Crippen LogP contribution in [0.25, 0.3) is 0 Å². The standard InChI is InChI=1S/C29H33BrClN3O4S/c1-20-25(31)12-9-13-26(20)34(39(37,38)24-10-7-6-8-11-24)19-27(35)33(18-22-14-16-23(30)17-15-22)21(2)28(36)32-29(3,4)5/h6-17,21H,18-19H2,1-5H3,(H,32,36)/t21-/m0/s1. The van der Waals surface area contributed by atoms with Crippen LogP contribution in [0.3, 0.4) is 0 Å². The van der Waals surface area contributed by atoms with E-state index in [1.165, 1.54) is 17.0 Å². The molecule has 0 fully saturated rings. The Kier molecular flexibility index (Phi) is 9.85. The van der Waals surface area contributed by atoms with Gasteiger partial charge in [-0.1, -0.05) is 63.9 Å². The van der Waals surface area contributed by atoms with Crippen LogP contribution in [0.5, 0.6) is 0 Å². The van der Waals surface area contributed by atoms with E-state index in [1.807, 2.05) is 45.0 Å². The van der Waals surface area contributed by atoms with E-state index in [4.69, 9.17) is 11.6 Å². The van der Waals surface area contributed by atoms with Crippen molar-refractivity contribution >= 4 is 55.1 Å². The van der Waals surface area contributed by atoms with Crippen molar-refractivity contribution in [2.75, 3.05) is 10.8 Å². The third kappa shape index (κ3) is 7.84. The number of sulfonamides is 1. The van der Waals surface area contributed by atoms with Gasteiger partial charge in [0.25, 0.3) is 10.0 Å². The van der Waals surface area contributed by atoms with E-state index in [0.717, 1.165) is 14.3 Å². The summed E-state index contributed by atoms with van der Waals surface area (Å²) in [5.41, 5.74) is 1.08. The van der Waals surface area contributed by atoms with Crippen molar-refractivity contribution in [3.8, 4) is 0 Å². The second-order valence-electron chi connectivity index (χ2n) is 10.3. The number of amides is 2. The molecule has 0 heterocycles. The smallest absolute Gasteiger partial charge is 0.264 e. The minimum atomic E-state index is -4.15.